The number of ether oxygens (including phenoxy) is 1. The SMILES string of the molecule is Cc1ccc(S(=O)(=O)NCC[C@@H](C(C)C)[C@@H]2CCOC(C)(C)C2)cc1. The minimum atomic E-state index is -3.43. The Morgan fingerprint density at radius 2 is 1.88 bits per heavy atom. The molecule has 0 saturated carbocycles. The molecule has 5 heteroatoms. The normalized spacial score (nSPS) is 22.1. The lowest BCUT2D eigenvalue weighted by atomic mass is 9.73. The van der Waals surface area contributed by atoms with Crippen molar-refractivity contribution in [3.8, 4) is 0 Å². The molecule has 1 N–H and O–H groups in total. The maximum absolute atomic E-state index is 12.4. The van der Waals surface area contributed by atoms with Crippen LogP contribution >= 0.6 is 0 Å². The summed E-state index contributed by atoms with van der Waals surface area (Å²) in [4.78, 5) is 0.339. The molecule has 0 unspecified atom stereocenters. The van der Waals surface area contributed by atoms with E-state index < -0.39 is 10.0 Å². The third-order valence-electron chi connectivity index (χ3n) is 5.30. The van der Waals surface area contributed by atoms with Crippen molar-refractivity contribution in [2.75, 3.05) is 13.2 Å². The third kappa shape index (κ3) is 5.80. The van der Waals surface area contributed by atoms with E-state index in [1.165, 1.54) is 0 Å². The Morgan fingerprint density at radius 3 is 2.44 bits per heavy atom. The van der Waals surface area contributed by atoms with Gasteiger partial charge in [0.2, 0.25) is 10.0 Å². The highest BCUT2D eigenvalue weighted by molar-refractivity contribution is 7.89. The van der Waals surface area contributed by atoms with Gasteiger partial charge in [0.1, 0.15) is 0 Å². The summed E-state index contributed by atoms with van der Waals surface area (Å²) in [7, 11) is -3.43. The number of rotatable bonds is 7. The molecule has 1 heterocycles. The molecular formula is C20H33NO3S. The van der Waals surface area contributed by atoms with Crippen molar-refractivity contribution >= 4 is 10.0 Å². The summed E-state index contributed by atoms with van der Waals surface area (Å²) >= 11 is 0. The van der Waals surface area contributed by atoms with Crippen molar-refractivity contribution in [3.63, 3.8) is 0 Å². The quantitative estimate of drug-likeness (QED) is 0.788. The van der Waals surface area contributed by atoms with Crippen LogP contribution in [-0.2, 0) is 14.8 Å². The fourth-order valence-corrected chi connectivity index (χ4v) is 4.97. The second kappa shape index (κ2) is 8.19. The van der Waals surface area contributed by atoms with Crippen molar-refractivity contribution in [2.24, 2.45) is 17.8 Å². The molecule has 0 amide bonds. The standard InChI is InChI=1S/C20H33NO3S/c1-15(2)19(17-11-13-24-20(4,5)14-17)10-12-21-25(22,23)18-8-6-16(3)7-9-18/h6-9,15,17,19,21H,10-14H2,1-5H3/t17-,19+/m1/s1. The summed E-state index contributed by atoms with van der Waals surface area (Å²) in [5.74, 6) is 1.62. The Bertz CT molecular complexity index is 650. The van der Waals surface area contributed by atoms with E-state index in [1.54, 1.807) is 12.1 Å². The van der Waals surface area contributed by atoms with Crippen LogP contribution in [0.25, 0.3) is 0 Å². The summed E-state index contributed by atoms with van der Waals surface area (Å²) in [5, 5.41) is 0. The predicted octanol–water partition coefficient (Wildman–Crippen LogP) is 4.14. The number of hydrogen-bond donors (Lipinski definition) is 1. The van der Waals surface area contributed by atoms with Crippen molar-refractivity contribution in [2.45, 2.75) is 64.4 Å². The van der Waals surface area contributed by atoms with E-state index in [0.29, 0.717) is 29.2 Å². The van der Waals surface area contributed by atoms with Gasteiger partial charge in [0.25, 0.3) is 0 Å². The third-order valence-corrected chi connectivity index (χ3v) is 6.77. The maximum atomic E-state index is 12.4. The number of sulfonamides is 1. The zero-order valence-electron chi connectivity index (χ0n) is 16.2. The minimum Gasteiger partial charge on any atom is -0.376 e. The fourth-order valence-electron chi connectivity index (χ4n) is 3.92. The first kappa shape index (κ1) is 20.4. The first-order chi connectivity index (χ1) is 11.6. The van der Waals surface area contributed by atoms with Gasteiger partial charge >= 0.3 is 0 Å². The second-order valence-electron chi connectivity index (χ2n) is 8.27. The highest BCUT2D eigenvalue weighted by Crippen LogP contribution is 2.37. The molecule has 0 aromatic heterocycles. The van der Waals surface area contributed by atoms with Crippen LogP contribution in [0.1, 0.15) is 52.5 Å². The molecule has 4 nitrogen and oxygen atoms in total. The van der Waals surface area contributed by atoms with E-state index in [1.807, 2.05) is 19.1 Å². The lowest BCUT2D eigenvalue weighted by Gasteiger charge is -2.40. The summed E-state index contributed by atoms with van der Waals surface area (Å²) in [6.07, 6.45) is 2.97. The molecule has 25 heavy (non-hydrogen) atoms. The molecule has 1 aliphatic rings. The Morgan fingerprint density at radius 1 is 1.24 bits per heavy atom. The number of nitrogens with one attached hydrogen (secondary N) is 1. The van der Waals surface area contributed by atoms with Gasteiger partial charge in [-0.15, -0.1) is 0 Å². The van der Waals surface area contributed by atoms with Gasteiger partial charge in [0.15, 0.2) is 0 Å². The van der Waals surface area contributed by atoms with Crippen LogP contribution in [0.5, 0.6) is 0 Å². The van der Waals surface area contributed by atoms with Gasteiger partial charge < -0.3 is 4.74 Å². The van der Waals surface area contributed by atoms with Crippen LogP contribution in [-0.4, -0.2) is 27.2 Å². The van der Waals surface area contributed by atoms with Gasteiger partial charge in [-0.2, -0.15) is 0 Å². The van der Waals surface area contributed by atoms with Crippen LogP contribution in [0.15, 0.2) is 29.2 Å². The number of benzene rings is 1. The fraction of sp³-hybridized carbons (Fsp3) is 0.700. The molecule has 0 radical (unpaired) electrons. The lowest BCUT2D eigenvalue weighted by Crippen LogP contribution is -2.39. The smallest absolute Gasteiger partial charge is 0.240 e. The average molecular weight is 368 g/mol. The summed E-state index contributed by atoms with van der Waals surface area (Å²) in [5.41, 5.74) is 0.984. The largest absolute Gasteiger partial charge is 0.376 e. The van der Waals surface area contributed by atoms with Crippen LogP contribution in [0.2, 0.25) is 0 Å². The summed E-state index contributed by atoms with van der Waals surface area (Å²) < 4.78 is 33.5. The number of hydrogen-bond acceptors (Lipinski definition) is 3. The van der Waals surface area contributed by atoms with Gasteiger partial charge in [-0.1, -0.05) is 31.5 Å². The molecule has 0 bridgehead atoms. The van der Waals surface area contributed by atoms with Gasteiger partial charge in [0.05, 0.1) is 10.5 Å². The van der Waals surface area contributed by atoms with Crippen LogP contribution in [0.3, 0.4) is 0 Å². The van der Waals surface area contributed by atoms with E-state index >= 15 is 0 Å². The zero-order valence-corrected chi connectivity index (χ0v) is 17.0. The Hall–Kier alpha value is -0.910. The molecule has 142 valence electrons. The van der Waals surface area contributed by atoms with E-state index in [4.69, 9.17) is 4.74 Å². The molecule has 1 aliphatic heterocycles. The van der Waals surface area contributed by atoms with Crippen molar-refractivity contribution in [1.29, 1.82) is 0 Å². The molecule has 1 aromatic rings. The molecule has 0 aliphatic carbocycles. The zero-order chi connectivity index (χ0) is 18.7. The minimum absolute atomic E-state index is 0.0720. The predicted molar refractivity (Wildman–Crippen MR) is 102 cm³/mol. The van der Waals surface area contributed by atoms with E-state index in [9.17, 15) is 8.42 Å². The first-order valence-electron chi connectivity index (χ1n) is 9.31. The molecule has 1 fully saturated rings. The maximum Gasteiger partial charge on any atom is 0.240 e. The summed E-state index contributed by atoms with van der Waals surface area (Å²) in [6.45, 7) is 12.0. The molecule has 1 aromatic carbocycles. The number of aryl methyl sites for hydroxylation is 1. The van der Waals surface area contributed by atoms with Gasteiger partial charge in [-0.25, -0.2) is 13.1 Å². The van der Waals surface area contributed by atoms with Gasteiger partial charge in [0, 0.05) is 13.2 Å². The second-order valence-corrected chi connectivity index (χ2v) is 10.0. The summed E-state index contributed by atoms with van der Waals surface area (Å²) in [6, 6.07) is 6.99. The van der Waals surface area contributed by atoms with E-state index in [0.717, 1.165) is 31.4 Å². The molecule has 1 saturated heterocycles. The molecular weight excluding hydrogens is 334 g/mol. The molecule has 0 spiro atoms. The molecule has 2 rings (SSSR count). The monoisotopic (exact) mass is 367 g/mol. The topological polar surface area (TPSA) is 55.4 Å². The average Bonchev–Trinajstić information content (AvgIpc) is 2.50. The van der Waals surface area contributed by atoms with Gasteiger partial charge in [-0.3, -0.25) is 0 Å². The van der Waals surface area contributed by atoms with Crippen molar-refractivity contribution < 1.29 is 13.2 Å². The van der Waals surface area contributed by atoms with Crippen LogP contribution < -0.4 is 4.72 Å². The van der Waals surface area contributed by atoms with Crippen molar-refractivity contribution in [3.05, 3.63) is 29.8 Å². The van der Waals surface area contributed by atoms with Crippen molar-refractivity contribution in [1.82, 2.24) is 4.72 Å². The highest BCUT2D eigenvalue weighted by atomic mass is 32.2. The van der Waals surface area contributed by atoms with E-state index in [-0.39, 0.29) is 5.60 Å². The first-order valence-corrected chi connectivity index (χ1v) is 10.8. The Kier molecular flexibility index (Phi) is 6.68. The lowest BCUT2D eigenvalue weighted by molar-refractivity contribution is -0.0867. The Labute approximate surface area is 153 Å². The van der Waals surface area contributed by atoms with Crippen LogP contribution in [0.4, 0.5) is 0 Å². The van der Waals surface area contributed by atoms with Crippen LogP contribution in [0, 0.1) is 24.7 Å². The van der Waals surface area contributed by atoms with E-state index in [2.05, 4.69) is 32.4 Å². The Balaban J connectivity index is 1.96. The van der Waals surface area contributed by atoms with Gasteiger partial charge in [-0.05, 0) is 69.9 Å². The highest BCUT2D eigenvalue weighted by Gasteiger charge is 2.34. The molecule has 2 atom stereocenters.